The fourth-order valence-corrected chi connectivity index (χ4v) is 7.81. The SMILES string of the molecule is CC1CCc2sc(C(=O)NCc3ccc(S(=O)(=O)N4CCCC4)s3)cc2C1. The molecule has 0 aromatic carbocycles. The number of thiophene rings is 2. The highest BCUT2D eigenvalue weighted by molar-refractivity contribution is 7.91. The van der Waals surface area contributed by atoms with Crippen LogP contribution in [0.5, 0.6) is 0 Å². The van der Waals surface area contributed by atoms with Gasteiger partial charge in [0.1, 0.15) is 4.21 Å². The van der Waals surface area contributed by atoms with Gasteiger partial charge in [0.15, 0.2) is 0 Å². The van der Waals surface area contributed by atoms with Crippen molar-refractivity contribution in [2.75, 3.05) is 13.1 Å². The molecule has 0 radical (unpaired) electrons. The maximum atomic E-state index is 12.6. The molecule has 4 rings (SSSR count). The summed E-state index contributed by atoms with van der Waals surface area (Å²) in [6, 6.07) is 5.49. The molecule has 1 fully saturated rings. The van der Waals surface area contributed by atoms with E-state index in [0.717, 1.165) is 35.4 Å². The second-order valence-corrected chi connectivity index (χ2v) is 11.9. The van der Waals surface area contributed by atoms with E-state index in [4.69, 9.17) is 0 Å². The Morgan fingerprint density at radius 1 is 1.26 bits per heavy atom. The van der Waals surface area contributed by atoms with Crippen molar-refractivity contribution in [1.82, 2.24) is 9.62 Å². The summed E-state index contributed by atoms with van der Waals surface area (Å²) in [4.78, 5) is 15.5. The van der Waals surface area contributed by atoms with E-state index in [-0.39, 0.29) is 5.91 Å². The van der Waals surface area contributed by atoms with Gasteiger partial charge in [0.05, 0.1) is 11.4 Å². The number of amides is 1. The van der Waals surface area contributed by atoms with Crippen LogP contribution in [0.2, 0.25) is 0 Å². The number of fused-ring (bicyclic) bond motifs is 1. The van der Waals surface area contributed by atoms with E-state index in [2.05, 4.69) is 12.2 Å². The largest absolute Gasteiger partial charge is 0.346 e. The minimum atomic E-state index is -3.37. The number of hydrogen-bond acceptors (Lipinski definition) is 5. The van der Waals surface area contributed by atoms with Crippen LogP contribution in [-0.4, -0.2) is 31.7 Å². The average Bonchev–Trinajstić information content (AvgIpc) is 3.38. The van der Waals surface area contributed by atoms with Crippen LogP contribution in [0.4, 0.5) is 0 Å². The molecule has 1 aliphatic heterocycles. The number of carbonyl (C=O) groups is 1. The van der Waals surface area contributed by atoms with Crippen molar-refractivity contribution in [2.45, 2.75) is 49.8 Å². The first-order valence-corrected chi connectivity index (χ1v) is 12.5. The van der Waals surface area contributed by atoms with Gasteiger partial charge >= 0.3 is 0 Å². The summed E-state index contributed by atoms with van der Waals surface area (Å²) < 4.78 is 27.1. The number of hydrogen-bond donors (Lipinski definition) is 1. The van der Waals surface area contributed by atoms with Gasteiger partial charge in [0, 0.05) is 22.8 Å². The standard InChI is InChI=1S/C19H24N2O3S3/c1-13-4-6-16-14(10-13)11-17(26-16)19(22)20-12-15-5-7-18(25-15)27(23,24)21-8-2-3-9-21/h5,7,11,13H,2-4,6,8-10,12H2,1H3,(H,20,22). The Morgan fingerprint density at radius 3 is 2.81 bits per heavy atom. The lowest BCUT2D eigenvalue weighted by Crippen LogP contribution is -2.27. The summed E-state index contributed by atoms with van der Waals surface area (Å²) in [5, 5.41) is 2.94. The quantitative estimate of drug-likeness (QED) is 0.797. The Labute approximate surface area is 168 Å². The van der Waals surface area contributed by atoms with Gasteiger partial charge in [0.25, 0.3) is 15.9 Å². The van der Waals surface area contributed by atoms with Crippen LogP contribution in [-0.2, 0) is 29.4 Å². The van der Waals surface area contributed by atoms with E-state index in [0.29, 0.717) is 29.8 Å². The second kappa shape index (κ2) is 7.66. The molecular formula is C19H24N2O3S3. The van der Waals surface area contributed by atoms with Crippen LogP contribution in [0.3, 0.4) is 0 Å². The first-order valence-electron chi connectivity index (χ1n) is 9.42. The van der Waals surface area contributed by atoms with Crippen molar-refractivity contribution in [2.24, 2.45) is 5.92 Å². The summed E-state index contributed by atoms with van der Waals surface area (Å²) in [5.74, 6) is 0.615. The number of aryl methyl sites for hydroxylation is 1. The molecule has 2 aromatic rings. The van der Waals surface area contributed by atoms with Crippen LogP contribution in [0.25, 0.3) is 0 Å². The third kappa shape index (κ3) is 3.99. The zero-order valence-electron chi connectivity index (χ0n) is 15.4. The highest BCUT2D eigenvalue weighted by atomic mass is 32.2. The van der Waals surface area contributed by atoms with Crippen molar-refractivity contribution < 1.29 is 13.2 Å². The van der Waals surface area contributed by atoms with E-state index in [1.54, 1.807) is 27.8 Å². The lowest BCUT2D eigenvalue weighted by Gasteiger charge is -2.16. The highest BCUT2D eigenvalue weighted by Crippen LogP contribution is 2.32. The zero-order valence-corrected chi connectivity index (χ0v) is 17.8. The summed E-state index contributed by atoms with van der Waals surface area (Å²) in [7, 11) is -3.37. The third-order valence-electron chi connectivity index (χ3n) is 5.27. The molecule has 1 aliphatic carbocycles. The predicted molar refractivity (Wildman–Crippen MR) is 109 cm³/mol. The predicted octanol–water partition coefficient (Wildman–Crippen LogP) is 3.65. The van der Waals surface area contributed by atoms with Gasteiger partial charge in [-0.3, -0.25) is 4.79 Å². The van der Waals surface area contributed by atoms with Crippen LogP contribution in [0.1, 0.15) is 51.2 Å². The molecular weight excluding hydrogens is 400 g/mol. The zero-order chi connectivity index (χ0) is 19.0. The number of nitrogens with one attached hydrogen (secondary N) is 1. The van der Waals surface area contributed by atoms with E-state index >= 15 is 0 Å². The van der Waals surface area contributed by atoms with E-state index in [9.17, 15) is 13.2 Å². The Hall–Kier alpha value is -1.22. The first-order chi connectivity index (χ1) is 12.9. The lowest BCUT2D eigenvalue weighted by atomic mass is 9.90. The molecule has 1 N–H and O–H groups in total. The fourth-order valence-electron chi connectivity index (χ4n) is 3.72. The molecule has 1 saturated heterocycles. The monoisotopic (exact) mass is 424 g/mol. The van der Waals surface area contributed by atoms with Gasteiger partial charge in [-0.05, 0) is 61.8 Å². The molecule has 0 spiro atoms. The van der Waals surface area contributed by atoms with Crippen molar-refractivity contribution in [3.8, 4) is 0 Å². The van der Waals surface area contributed by atoms with Crippen LogP contribution in [0.15, 0.2) is 22.4 Å². The molecule has 5 nitrogen and oxygen atoms in total. The minimum absolute atomic E-state index is 0.0700. The summed E-state index contributed by atoms with van der Waals surface area (Å²) in [5.41, 5.74) is 1.32. The van der Waals surface area contributed by atoms with Gasteiger partial charge in [0.2, 0.25) is 0 Å². The maximum Gasteiger partial charge on any atom is 0.261 e. The van der Waals surface area contributed by atoms with Crippen LogP contribution >= 0.6 is 22.7 Å². The van der Waals surface area contributed by atoms with Gasteiger partial charge in [-0.25, -0.2) is 8.42 Å². The number of rotatable bonds is 5. The van der Waals surface area contributed by atoms with Gasteiger partial charge in [-0.2, -0.15) is 4.31 Å². The van der Waals surface area contributed by atoms with Crippen LogP contribution in [0, 0.1) is 5.92 Å². The molecule has 8 heteroatoms. The summed E-state index contributed by atoms with van der Waals surface area (Å²) in [6.07, 6.45) is 5.17. The molecule has 2 aromatic heterocycles. The molecule has 1 atom stereocenters. The van der Waals surface area contributed by atoms with Crippen LogP contribution < -0.4 is 5.32 Å². The normalized spacial score (nSPS) is 20.6. The number of nitrogens with zero attached hydrogens (tertiary/aromatic N) is 1. The third-order valence-corrected chi connectivity index (χ3v) is 9.96. The maximum absolute atomic E-state index is 12.6. The Kier molecular flexibility index (Phi) is 5.42. The highest BCUT2D eigenvalue weighted by Gasteiger charge is 2.28. The van der Waals surface area contributed by atoms with Gasteiger partial charge < -0.3 is 5.32 Å². The summed E-state index contributed by atoms with van der Waals surface area (Å²) >= 11 is 2.85. The van der Waals surface area contributed by atoms with Crippen molar-refractivity contribution in [1.29, 1.82) is 0 Å². The topological polar surface area (TPSA) is 66.5 Å². The Bertz CT molecular complexity index is 939. The number of carbonyl (C=O) groups excluding carboxylic acids is 1. The fraction of sp³-hybridized carbons (Fsp3) is 0.526. The van der Waals surface area contributed by atoms with Crippen molar-refractivity contribution >= 4 is 38.6 Å². The van der Waals surface area contributed by atoms with Gasteiger partial charge in [-0.1, -0.05) is 6.92 Å². The molecule has 1 amide bonds. The van der Waals surface area contributed by atoms with E-state index < -0.39 is 10.0 Å². The molecule has 146 valence electrons. The molecule has 0 saturated carbocycles. The van der Waals surface area contributed by atoms with Crippen molar-refractivity contribution in [3.63, 3.8) is 0 Å². The smallest absolute Gasteiger partial charge is 0.261 e. The Morgan fingerprint density at radius 2 is 2.04 bits per heavy atom. The minimum Gasteiger partial charge on any atom is -0.346 e. The average molecular weight is 425 g/mol. The molecule has 3 heterocycles. The Balaban J connectivity index is 1.39. The number of sulfonamides is 1. The second-order valence-electron chi connectivity index (χ2n) is 7.42. The molecule has 2 aliphatic rings. The first kappa shape index (κ1) is 19.1. The van der Waals surface area contributed by atoms with Crippen molar-refractivity contribution in [3.05, 3.63) is 38.4 Å². The van der Waals surface area contributed by atoms with E-state index in [1.807, 2.05) is 6.07 Å². The summed E-state index contributed by atoms with van der Waals surface area (Å²) in [6.45, 7) is 3.82. The molecule has 0 bridgehead atoms. The lowest BCUT2D eigenvalue weighted by molar-refractivity contribution is 0.0955. The van der Waals surface area contributed by atoms with E-state index in [1.165, 1.54) is 28.2 Å². The molecule has 1 unspecified atom stereocenters. The van der Waals surface area contributed by atoms with Gasteiger partial charge in [-0.15, -0.1) is 22.7 Å². The molecule has 27 heavy (non-hydrogen) atoms.